The van der Waals surface area contributed by atoms with E-state index in [0.717, 1.165) is 32.1 Å². The number of hydrogen-bond acceptors (Lipinski definition) is 5. The van der Waals surface area contributed by atoms with Crippen LogP contribution in [0.25, 0.3) is 0 Å². The number of nitrogens with zero attached hydrogens (tertiary/aromatic N) is 1. The van der Waals surface area contributed by atoms with Gasteiger partial charge >= 0.3 is 0 Å². The van der Waals surface area contributed by atoms with E-state index in [2.05, 4.69) is 10.0 Å². The molecule has 2 N–H and O–H groups in total. The number of sulfonamides is 1. The summed E-state index contributed by atoms with van der Waals surface area (Å²) in [6.07, 6.45) is 4.76. The van der Waals surface area contributed by atoms with E-state index >= 15 is 0 Å². The third-order valence-corrected chi connectivity index (χ3v) is 7.96. The van der Waals surface area contributed by atoms with Crippen LogP contribution in [-0.2, 0) is 22.3 Å². The highest BCUT2D eigenvalue weighted by molar-refractivity contribution is 7.88. The van der Waals surface area contributed by atoms with E-state index in [0.29, 0.717) is 16.7 Å². The maximum Gasteiger partial charge on any atom is 0.261 e. The van der Waals surface area contributed by atoms with Gasteiger partial charge in [-0.15, -0.1) is 0 Å². The molecule has 9 heteroatoms. The van der Waals surface area contributed by atoms with Gasteiger partial charge in [-0.25, -0.2) is 13.1 Å². The molecule has 1 heterocycles. The van der Waals surface area contributed by atoms with E-state index in [1.54, 1.807) is 50.2 Å². The second-order valence-corrected chi connectivity index (χ2v) is 11.3. The average molecular weight is 498 g/mol. The SMILES string of the molecule is CC(C)NS(=O)(=O)Cc1ccccc1CNC(=O)c1ccc2c(c1)C(=O)N(C1CCCCC1)C2=O. The topological polar surface area (TPSA) is 113 Å². The Morgan fingerprint density at radius 3 is 2.31 bits per heavy atom. The van der Waals surface area contributed by atoms with Gasteiger partial charge in [-0.05, 0) is 56.0 Å². The molecule has 0 bridgehead atoms. The van der Waals surface area contributed by atoms with Crippen LogP contribution < -0.4 is 10.0 Å². The molecule has 8 nitrogen and oxygen atoms in total. The molecule has 3 amide bonds. The summed E-state index contributed by atoms with van der Waals surface area (Å²) in [6.45, 7) is 3.64. The summed E-state index contributed by atoms with van der Waals surface area (Å²) in [7, 11) is -3.52. The number of amides is 3. The van der Waals surface area contributed by atoms with Crippen LogP contribution >= 0.6 is 0 Å². The summed E-state index contributed by atoms with van der Waals surface area (Å²) in [5.74, 6) is -1.21. The molecule has 2 aromatic carbocycles. The molecule has 1 saturated carbocycles. The zero-order valence-electron chi connectivity index (χ0n) is 20.0. The van der Waals surface area contributed by atoms with Gasteiger partial charge in [0.25, 0.3) is 17.7 Å². The fourth-order valence-corrected chi connectivity index (χ4v) is 6.32. The lowest BCUT2D eigenvalue weighted by Gasteiger charge is -2.29. The normalized spacial score (nSPS) is 16.6. The molecular weight excluding hydrogens is 466 g/mol. The number of carbonyl (C=O) groups excluding carboxylic acids is 3. The van der Waals surface area contributed by atoms with E-state index < -0.39 is 15.9 Å². The zero-order valence-corrected chi connectivity index (χ0v) is 20.9. The number of imide groups is 1. The van der Waals surface area contributed by atoms with Gasteiger partial charge in [0, 0.05) is 24.2 Å². The van der Waals surface area contributed by atoms with Gasteiger partial charge < -0.3 is 5.32 Å². The monoisotopic (exact) mass is 497 g/mol. The molecule has 1 aliphatic heterocycles. The Morgan fingerprint density at radius 1 is 0.971 bits per heavy atom. The number of fused-ring (bicyclic) bond motifs is 1. The lowest BCUT2D eigenvalue weighted by atomic mass is 9.94. The maximum absolute atomic E-state index is 13.0. The number of nitrogens with one attached hydrogen (secondary N) is 2. The first-order chi connectivity index (χ1) is 16.7. The number of rotatable bonds is 8. The molecule has 35 heavy (non-hydrogen) atoms. The van der Waals surface area contributed by atoms with Crippen LogP contribution in [0.5, 0.6) is 0 Å². The summed E-state index contributed by atoms with van der Waals surface area (Å²) < 4.78 is 27.3. The first kappa shape index (κ1) is 25.1. The summed E-state index contributed by atoms with van der Waals surface area (Å²) in [4.78, 5) is 40.1. The molecule has 186 valence electrons. The molecule has 0 unspecified atom stereocenters. The zero-order chi connectivity index (χ0) is 25.2. The fraction of sp³-hybridized carbons (Fsp3) is 0.423. The molecule has 2 aromatic rings. The van der Waals surface area contributed by atoms with Crippen molar-refractivity contribution in [3.05, 3.63) is 70.3 Å². The smallest absolute Gasteiger partial charge is 0.261 e. The van der Waals surface area contributed by atoms with Crippen molar-refractivity contribution < 1.29 is 22.8 Å². The fourth-order valence-electron chi connectivity index (χ4n) is 4.83. The van der Waals surface area contributed by atoms with Crippen LogP contribution in [0.15, 0.2) is 42.5 Å². The maximum atomic E-state index is 13.0. The van der Waals surface area contributed by atoms with Crippen molar-refractivity contribution in [1.29, 1.82) is 0 Å². The molecule has 0 spiro atoms. The minimum absolute atomic E-state index is 0.0774. The van der Waals surface area contributed by atoms with Crippen molar-refractivity contribution in [3.8, 4) is 0 Å². The second-order valence-electron chi connectivity index (χ2n) is 9.52. The predicted octanol–water partition coefficient (Wildman–Crippen LogP) is 3.37. The molecular formula is C26H31N3O5S. The Bertz CT molecular complexity index is 1250. The Labute approximate surface area is 206 Å². The van der Waals surface area contributed by atoms with Gasteiger partial charge in [0.05, 0.1) is 16.9 Å². The molecule has 0 saturated heterocycles. The minimum Gasteiger partial charge on any atom is -0.348 e. The van der Waals surface area contributed by atoms with Crippen LogP contribution in [0.2, 0.25) is 0 Å². The van der Waals surface area contributed by atoms with Crippen LogP contribution in [0, 0.1) is 0 Å². The predicted molar refractivity (Wildman–Crippen MR) is 132 cm³/mol. The Kier molecular flexibility index (Phi) is 7.37. The highest BCUT2D eigenvalue weighted by Gasteiger charge is 2.40. The molecule has 0 radical (unpaired) electrons. The van der Waals surface area contributed by atoms with Gasteiger partial charge in [0.1, 0.15) is 0 Å². The van der Waals surface area contributed by atoms with Crippen LogP contribution in [-0.4, -0.2) is 43.1 Å². The molecule has 2 aliphatic rings. The van der Waals surface area contributed by atoms with Crippen molar-refractivity contribution >= 4 is 27.7 Å². The average Bonchev–Trinajstić information content (AvgIpc) is 3.07. The van der Waals surface area contributed by atoms with Crippen LogP contribution in [0.1, 0.15) is 88.2 Å². The first-order valence-electron chi connectivity index (χ1n) is 12.0. The van der Waals surface area contributed by atoms with E-state index in [-0.39, 0.29) is 47.3 Å². The van der Waals surface area contributed by atoms with E-state index in [1.807, 2.05) is 0 Å². The van der Waals surface area contributed by atoms with Crippen LogP contribution in [0.4, 0.5) is 0 Å². The van der Waals surface area contributed by atoms with Gasteiger partial charge in [-0.3, -0.25) is 19.3 Å². The van der Waals surface area contributed by atoms with E-state index in [4.69, 9.17) is 0 Å². The van der Waals surface area contributed by atoms with Crippen molar-refractivity contribution in [1.82, 2.24) is 14.9 Å². The highest BCUT2D eigenvalue weighted by atomic mass is 32.2. The first-order valence-corrected chi connectivity index (χ1v) is 13.7. The van der Waals surface area contributed by atoms with Crippen molar-refractivity contribution in [3.63, 3.8) is 0 Å². The quantitative estimate of drug-likeness (QED) is 0.543. The summed E-state index contributed by atoms with van der Waals surface area (Å²) in [5, 5.41) is 2.81. The van der Waals surface area contributed by atoms with Crippen LogP contribution in [0.3, 0.4) is 0 Å². The Hall–Kier alpha value is -3.04. The number of carbonyl (C=O) groups is 3. The second kappa shape index (κ2) is 10.3. The largest absolute Gasteiger partial charge is 0.348 e. The summed E-state index contributed by atoms with van der Waals surface area (Å²) in [6, 6.07) is 11.3. The van der Waals surface area contributed by atoms with Crippen molar-refractivity contribution in [2.24, 2.45) is 0 Å². The highest BCUT2D eigenvalue weighted by Crippen LogP contribution is 2.31. The number of benzene rings is 2. The molecule has 0 aromatic heterocycles. The lowest BCUT2D eigenvalue weighted by Crippen LogP contribution is -2.40. The van der Waals surface area contributed by atoms with Crippen molar-refractivity contribution in [2.75, 3.05) is 0 Å². The molecule has 1 aliphatic carbocycles. The van der Waals surface area contributed by atoms with Crippen molar-refractivity contribution in [2.45, 2.75) is 70.3 Å². The standard InChI is InChI=1S/C26H31N3O5S/c1-17(2)28-35(33,34)16-20-9-7-6-8-19(20)15-27-24(30)18-12-13-22-23(14-18)26(32)29(25(22)31)21-10-4-3-5-11-21/h6-9,12-14,17,21,28H,3-5,10-11,15-16H2,1-2H3,(H,27,30). The van der Waals surface area contributed by atoms with E-state index in [1.165, 1.54) is 11.0 Å². The Morgan fingerprint density at radius 2 is 1.63 bits per heavy atom. The Balaban J connectivity index is 1.46. The number of hydrogen-bond donors (Lipinski definition) is 2. The van der Waals surface area contributed by atoms with Gasteiger partial charge in [-0.1, -0.05) is 43.5 Å². The molecule has 1 fully saturated rings. The van der Waals surface area contributed by atoms with Gasteiger partial charge in [0.2, 0.25) is 10.0 Å². The summed E-state index contributed by atoms with van der Waals surface area (Å²) in [5.41, 5.74) is 2.16. The third kappa shape index (κ3) is 5.62. The van der Waals surface area contributed by atoms with Gasteiger partial charge in [-0.2, -0.15) is 0 Å². The third-order valence-electron chi connectivity index (χ3n) is 6.44. The molecule has 0 atom stereocenters. The van der Waals surface area contributed by atoms with E-state index in [9.17, 15) is 22.8 Å². The lowest BCUT2D eigenvalue weighted by molar-refractivity contribution is 0.0548. The summed E-state index contributed by atoms with van der Waals surface area (Å²) >= 11 is 0. The minimum atomic E-state index is -3.52. The van der Waals surface area contributed by atoms with Gasteiger partial charge in [0.15, 0.2) is 0 Å². The molecule has 4 rings (SSSR count).